The summed E-state index contributed by atoms with van der Waals surface area (Å²) < 4.78 is 26.3. The van der Waals surface area contributed by atoms with Gasteiger partial charge in [0.05, 0.1) is 19.6 Å². The van der Waals surface area contributed by atoms with Crippen LogP contribution in [0.25, 0.3) is 22.1 Å². The standard InChI is InChI=1S/C23H22O8/c1-13(22(25)27-3)29-16-10-18(30-14(2)23(26)28-4)21-17(15-8-6-5-7-9-15)12-20(24)31-19(21)11-16/h5-14H,1-4H3/t13-,14+/m1/s1. The van der Waals surface area contributed by atoms with Crippen LogP contribution >= 0.6 is 0 Å². The normalized spacial score (nSPS) is 12.6. The molecule has 0 unspecified atom stereocenters. The van der Waals surface area contributed by atoms with Gasteiger partial charge in [0.15, 0.2) is 12.2 Å². The van der Waals surface area contributed by atoms with Gasteiger partial charge in [-0.1, -0.05) is 30.3 Å². The van der Waals surface area contributed by atoms with E-state index in [4.69, 9.17) is 18.6 Å². The molecule has 0 amide bonds. The van der Waals surface area contributed by atoms with Crippen molar-refractivity contribution in [3.8, 4) is 22.6 Å². The third-order valence-electron chi connectivity index (χ3n) is 4.55. The van der Waals surface area contributed by atoms with Crippen molar-refractivity contribution in [1.29, 1.82) is 0 Å². The van der Waals surface area contributed by atoms with E-state index in [9.17, 15) is 14.4 Å². The SMILES string of the molecule is COC(=O)[C@H](C)Oc1cc(O[C@H](C)C(=O)OC)cc2oc(=O)cc(-c3ccccc3)c12. The van der Waals surface area contributed by atoms with E-state index >= 15 is 0 Å². The minimum absolute atomic E-state index is 0.174. The second kappa shape index (κ2) is 9.34. The van der Waals surface area contributed by atoms with Crippen LogP contribution in [0.15, 0.2) is 57.7 Å². The number of ether oxygens (including phenoxy) is 4. The third kappa shape index (κ3) is 4.85. The van der Waals surface area contributed by atoms with Crippen LogP contribution in [0.3, 0.4) is 0 Å². The molecule has 162 valence electrons. The molecule has 1 aromatic heterocycles. The first-order valence-electron chi connectivity index (χ1n) is 9.50. The molecule has 0 aliphatic heterocycles. The van der Waals surface area contributed by atoms with Gasteiger partial charge in [0.2, 0.25) is 0 Å². The second-order valence-corrected chi connectivity index (χ2v) is 6.71. The first-order valence-corrected chi connectivity index (χ1v) is 9.50. The van der Waals surface area contributed by atoms with Gasteiger partial charge in [-0.3, -0.25) is 0 Å². The van der Waals surface area contributed by atoms with Crippen LogP contribution in [0.5, 0.6) is 11.5 Å². The van der Waals surface area contributed by atoms with Crippen molar-refractivity contribution in [2.75, 3.05) is 14.2 Å². The molecule has 31 heavy (non-hydrogen) atoms. The molecule has 0 fully saturated rings. The predicted octanol–water partition coefficient (Wildman–Crippen LogP) is 3.34. The molecular weight excluding hydrogens is 404 g/mol. The average molecular weight is 426 g/mol. The van der Waals surface area contributed by atoms with Crippen molar-refractivity contribution in [2.24, 2.45) is 0 Å². The van der Waals surface area contributed by atoms with E-state index in [1.807, 2.05) is 30.3 Å². The molecule has 3 aromatic rings. The summed E-state index contributed by atoms with van der Waals surface area (Å²) >= 11 is 0. The van der Waals surface area contributed by atoms with Gasteiger partial charge in [-0.25, -0.2) is 14.4 Å². The average Bonchev–Trinajstić information content (AvgIpc) is 2.77. The van der Waals surface area contributed by atoms with Crippen LogP contribution in [0.1, 0.15) is 13.8 Å². The summed E-state index contributed by atoms with van der Waals surface area (Å²) in [5, 5.41) is 0.472. The fourth-order valence-corrected chi connectivity index (χ4v) is 3.07. The summed E-state index contributed by atoms with van der Waals surface area (Å²) in [6, 6.07) is 13.6. The Hall–Kier alpha value is -3.81. The Kier molecular flexibility index (Phi) is 6.59. The third-order valence-corrected chi connectivity index (χ3v) is 4.55. The lowest BCUT2D eigenvalue weighted by Gasteiger charge is -2.18. The smallest absolute Gasteiger partial charge is 0.346 e. The molecule has 0 N–H and O–H groups in total. The van der Waals surface area contributed by atoms with E-state index in [2.05, 4.69) is 4.74 Å². The molecular formula is C23H22O8. The van der Waals surface area contributed by atoms with Crippen molar-refractivity contribution in [1.82, 2.24) is 0 Å². The topological polar surface area (TPSA) is 101 Å². The lowest BCUT2D eigenvalue weighted by molar-refractivity contribution is -0.148. The molecule has 0 aliphatic carbocycles. The van der Waals surface area contributed by atoms with Gasteiger partial charge in [0.25, 0.3) is 0 Å². The number of methoxy groups -OCH3 is 2. The minimum atomic E-state index is -0.947. The van der Waals surface area contributed by atoms with Crippen LogP contribution in [0, 0.1) is 0 Å². The summed E-state index contributed by atoms with van der Waals surface area (Å²) in [6.07, 6.45) is -1.87. The molecule has 1 heterocycles. The molecule has 0 spiro atoms. The molecule has 0 aliphatic rings. The molecule has 2 aromatic carbocycles. The van der Waals surface area contributed by atoms with Gasteiger partial charge < -0.3 is 23.4 Å². The van der Waals surface area contributed by atoms with Crippen LogP contribution < -0.4 is 15.1 Å². The van der Waals surface area contributed by atoms with Gasteiger partial charge in [-0.05, 0) is 19.4 Å². The highest BCUT2D eigenvalue weighted by molar-refractivity contribution is 5.98. The molecule has 3 rings (SSSR count). The molecule has 0 saturated heterocycles. The number of hydrogen-bond acceptors (Lipinski definition) is 8. The molecule has 8 nitrogen and oxygen atoms in total. The van der Waals surface area contributed by atoms with Crippen LogP contribution in [0.4, 0.5) is 0 Å². The van der Waals surface area contributed by atoms with Gasteiger partial charge in [-0.15, -0.1) is 0 Å². The first kappa shape index (κ1) is 21.9. The van der Waals surface area contributed by atoms with E-state index in [1.165, 1.54) is 46.3 Å². The summed E-state index contributed by atoms with van der Waals surface area (Å²) in [4.78, 5) is 35.9. The van der Waals surface area contributed by atoms with Gasteiger partial charge in [0.1, 0.15) is 17.1 Å². The maximum Gasteiger partial charge on any atom is 0.346 e. The fraction of sp³-hybridized carbons (Fsp3) is 0.261. The number of benzene rings is 2. The quantitative estimate of drug-likeness (QED) is 0.419. The molecule has 8 heteroatoms. The van der Waals surface area contributed by atoms with Crippen molar-refractivity contribution >= 4 is 22.9 Å². The Morgan fingerprint density at radius 2 is 1.48 bits per heavy atom. The lowest BCUT2D eigenvalue weighted by atomic mass is 10.0. The van der Waals surface area contributed by atoms with Gasteiger partial charge in [-0.2, -0.15) is 0 Å². The Morgan fingerprint density at radius 3 is 2.10 bits per heavy atom. The number of carbonyl (C=O) groups is 2. The molecule has 0 bridgehead atoms. The van der Waals surface area contributed by atoms with E-state index in [1.54, 1.807) is 0 Å². The number of fused-ring (bicyclic) bond motifs is 1. The molecule has 0 saturated carbocycles. The number of esters is 2. The zero-order chi connectivity index (χ0) is 22.5. The Bertz CT molecular complexity index is 1150. The van der Waals surface area contributed by atoms with E-state index in [-0.39, 0.29) is 17.1 Å². The summed E-state index contributed by atoms with van der Waals surface area (Å²) in [5.41, 5.74) is 0.920. The highest BCUT2D eigenvalue weighted by Gasteiger charge is 2.22. The summed E-state index contributed by atoms with van der Waals surface area (Å²) in [6.45, 7) is 3.05. The molecule has 0 radical (unpaired) electrons. The summed E-state index contributed by atoms with van der Waals surface area (Å²) in [5.74, 6) is -0.734. The zero-order valence-corrected chi connectivity index (χ0v) is 17.5. The second-order valence-electron chi connectivity index (χ2n) is 6.71. The first-order chi connectivity index (χ1) is 14.8. The van der Waals surface area contributed by atoms with Crippen LogP contribution in [-0.2, 0) is 19.1 Å². The van der Waals surface area contributed by atoms with E-state index in [0.717, 1.165) is 5.56 Å². The van der Waals surface area contributed by atoms with Crippen molar-refractivity contribution in [3.05, 3.63) is 59.0 Å². The van der Waals surface area contributed by atoms with Crippen LogP contribution in [0.2, 0.25) is 0 Å². The predicted molar refractivity (Wildman–Crippen MR) is 112 cm³/mol. The monoisotopic (exact) mass is 426 g/mol. The summed E-state index contributed by atoms with van der Waals surface area (Å²) in [7, 11) is 2.51. The van der Waals surface area contributed by atoms with Gasteiger partial charge >= 0.3 is 17.6 Å². The van der Waals surface area contributed by atoms with E-state index < -0.39 is 29.8 Å². The number of rotatable bonds is 7. The van der Waals surface area contributed by atoms with Crippen molar-refractivity contribution in [3.63, 3.8) is 0 Å². The largest absolute Gasteiger partial charge is 0.479 e. The van der Waals surface area contributed by atoms with Gasteiger partial charge in [0, 0.05) is 23.8 Å². The maximum atomic E-state index is 12.3. The van der Waals surface area contributed by atoms with Crippen molar-refractivity contribution in [2.45, 2.75) is 26.1 Å². The van der Waals surface area contributed by atoms with E-state index in [0.29, 0.717) is 10.9 Å². The number of carbonyl (C=O) groups excluding carboxylic acids is 2. The minimum Gasteiger partial charge on any atom is -0.479 e. The highest BCUT2D eigenvalue weighted by Crippen LogP contribution is 2.38. The molecule has 2 atom stereocenters. The van der Waals surface area contributed by atoms with Crippen LogP contribution in [-0.4, -0.2) is 38.4 Å². The zero-order valence-electron chi connectivity index (χ0n) is 17.5. The Balaban J connectivity index is 2.21. The van der Waals surface area contributed by atoms with Crippen molar-refractivity contribution < 1.29 is 33.0 Å². The fourth-order valence-electron chi connectivity index (χ4n) is 3.07. The Morgan fingerprint density at radius 1 is 0.871 bits per heavy atom. The Labute approximate surface area is 178 Å². The number of hydrogen-bond donors (Lipinski definition) is 0. The maximum absolute atomic E-state index is 12.3. The lowest BCUT2D eigenvalue weighted by Crippen LogP contribution is -2.26. The highest BCUT2D eigenvalue weighted by atomic mass is 16.6.